The van der Waals surface area contributed by atoms with E-state index in [1.54, 1.807) is 24.3 Å². The maximum absolute atomic E-state index is 10.9. The van der Waals surface area contributed by atoms with Crippen LogP contribution in [0.15, 0.2) is 24.3 Å². The highest BCUT2D eigenvalue weighted by Gasteiger charge is 2.25. The van der Waals surface area contributed by atoms with Crippen LogP contribution < -0.4 is 5.32 Å². The summed E-state index contributed by atoms with van der Waals surface area (Å²) in [5.41, 5.74) is 0.940. The number of imide groups is 1. The molecule has 23 heavy (non-hydrogen) atoms. The SMILES string of the molecule is CC(=O)OCCBr.O=C(O)CBr.O=C1NC(=O)c2ccccc21. The van der Waals surface area contributed by atoms with Gasteiger partial charge >= 0.3 is 11.9 Å². The van der Waals surface area contributed by atoms with E-state index in [2.05, 4.69) is 41.9 Å². The Morgan fingerprint density at radius 2 is 1.57 bits per heavy atom. The summed E-state index contributed by atoms with van der Waals surface area (Å²) in [6.07, 6.45) is 0. The molecular weight excluding hydrogens is 438 g/mol. The molecule has 2 amide bonds. The van der Waals surface area contributed by atoms with Gasteiger partial charge in [-0.1, -0.05) is 44.0 Å². The largest absolute Gasteiger partial charge is 0.481 e. The Morgan fingerprint density at radius 3 is 1.83 bits per heavy atom. The summed E-state index contributed by atoms with van der Waals surface area (Å²) in [4.78, 5) is 41.2. The Morgan fingerprint density at radius 1 is 1.13 bits per heavy atom. The van der Waals surface area contributed by atoms with E-state index >= 15 is 0 Å². The molecule has 9 heteroatoms. The van der Waals surface area contributed by atoms with Crippen LogP contribution in [0.25, 0.3) is 0 Å². The van der Waals surface area contributed by atoms with E-state index in [4.69, 9.17) is 5.11 Å². The van der Waals surface area contributed by atoms with Gasteiger partial charge in [-0.2, -0.15) is 0 Å². The van der Waals surface area contributed by atoms with Gasteiger partial charge in [-0.25, -0.2) is 0 Å². The number of carbonyl (C=O) groups is 4. The number of hydrogen-bond acceptors (Lipinski definition) is 5. The molecule has 1 aliphatic heterocycles. The number of nitrogens with one attached hydrogen (secondary N) is 1. The quantitative estimate of drug-likeness (QED) is 0.412. The zero-order valence-corrected chi connectivity index (χ0v) is 15.3. The Bertz CT molecular complexity index is 543. The molecule has 0 aliphatic carbocycles. The number of esters is 1. The molecule has 7 nitrogen and oxygen atoms in total. The van der Waals surface area contributed by atoms with E-state index in [0.717, 1.165) is 0 Å². The first-order valence-corrected chi connectivity index (χ1v) is 8.49. The molecule has 2 rings (SSSR count). The first-order valence-electron chi connectivity index (χ1n) is 6.25. The third kappa shape index (κ3) is 9.09. The number of carboxylic acids is 1. The summed E-state index contributed by atoms with van der Waals surface area (Å²) >= 11 is 5.81. The first kappa shape index (κ1) is 21.3. The highest BCUT2D eigenvalue weighted by molar-refractivity contribution is 9.09. The monoisotopic (exact) mass is 451 g/mol. The molecule has 2 N–H and O–H groups in total. The molecule has 0 saturated carbocycles. The van der Waals surface area contributed by atoms with Crippen molar-refractivity contribution in [2.45, 2.75) is 6.92 Å². The normalized spacial score (nSPS) is 11.1. The van der Waals surface area contributed by atoms with Crippen molar-refractivity contribution in [2.75, 3.05) is 17.3 Å². The molecule has 0 bridgehead atoms. The standard InChI is InChI=1S/C8H5NO2.C4H7BrO2.C2H3BrO2/c10-7-5-3-1-2-4-6(5)8(11)9-7;1-4(6)7-3-2-5;3-1-2(4)5/h1-4H,(H,9,10,11);2-3H2,1H3;1H2,(H,4,5). The minimum atomic E-state index is -0.829. The topological polar surface area (TPSA) is 110 Å². The van der Waals surface area contributed by atoms with Crippen LogP contribution >= 0.6 is 31.9 Å². The van der Waals surface area contributed by atoms with Crippen LogP contribution in [0.2, 0.25) is 0 Å². The zero-order chi connectivity index (χ0) is 17.8. The molecule has 1 aliphatic rings. The molecule has 0 aromatic heterocycles. The number of ether oxygens (including phenoxy) is 1. The third-order valence-corrected chi connectivity index (χ3v) is 2.94. The van der Waals surface area contributed by atoms with Crippen molar-refractivity contribution < 1.29 is 29.0 Å². The number of fused-ring (bicyclic) bond motifs is 1. The van der Waals surface area contributed by atoms with Gasteiger partial charge in [-0.15, -0.1) is 0 Å². The molecule has 1 heterocycles. The van der Waals surface area contributed by atoms with Crippen LogP contribution in [0.1, 0.15) is 27.6 Å². The van der Waals surface area contributed by atoms with Crippen LogP contribution in [0.5, 0.6) is 0 Å². The fourth-order valence-electron chi connectivity index (χ4n) is 1.30. The van der Waals surface area contributed by atoms with Gasteiger partial charge < -0.3 is 9.84 Å². The summed E-state index contributed by atoms with van der Waals surface area (Å²) in [7, 11) is 0. The smallest absolute Gasteiger partial charge is 0.314 e. The van der Waals surface area contributed by atoms with Crippen LogP contribution in [-0.4, -0.2) is 46.1 Å². The van der Waals surface area contributed by atoms with Crippen molar-refractivity contribution in [3.63, 3.8) is 0 Å². The number of aliphatic carboxylic acids is 1. The van der Waals surface area contributed by atoms with Crippen molar-refractivity contribution in [2.24, 2.45) is 0 Å². The van der Waals surface area contributed by atoms with Gasteiger partial charge in [0.25, 0.3) is 11.8 Å². The lowest BCUT2D eigenvalue weighted by atomic mass is 10.1. The Kier molecular flexibility index (Phi) is 10.9. The van der Waals surface area contributed by atoms with Crippen LogP contribution in [0.3, 0.4) is 0 Å². The number of carboxylic acid groups (broad SMARTS) is 1. The molecule has 0 saturated heterocycles. The lowest BCUT2D eigenvalue weighted by molar-refractivity contribution is -0.140. The number of hydrogen-bond donors (Lipinski definition) is 2. The fourth-order valence-corrected chi connectivity index (χ4v) is 1.46. The number of amides is 2. The molecule has 1 aromatic carbocycles. The van der Waals surface area contributed by atoms with E-state index in [1.807, 2.05) is 0 Å². The minimum Gasteiger partial charge on any atom is -0.481 e. The van der Waals surface area contributed by atoms with Crippen LogP contribution in [0.4, 0.5) is 0 Å². The molecule has 0 unspecified atom stereocenters. The zero-order valence-electron chi connectivity index (χ0n) is 12.2. The minimum absolute atomic E-state index is 0.0347. The lowest BCUT2D eigenvalue weighted by Gasteiger charge is -1.93. The van der Waals surface area contributed by atoms with Crippen molar-refractivity contribution in [1.29, 1.82) is 0 Å². The molecule has 0 fully saturated rings. The maximum Gasteiger partial charge on any atom is 0.314 e. The highest BCUT2D eigenvalue weighted by Crippen LogP contribution is 2.13. The Hall–Kier alpha value is -1.74. The van der Waals surface area contributed by atoms with E-state index in [1.165, 1.54) is 6.92 Å². The number of halogens is 2. The van der Waals surface area contributed by atoms with Gasteiger partial charge in [0.1, 0.15) is 11.9 Å². The maximum atomic E-state index is 10.9. The van der Waals surface area contributed by atoms with Crippen molar-refractivity contribution in [3.8, 4) is 0 Å². The lowest BCUT2D eigenvalue weighted by Crippen LogP contribution is -2.19. The summed E-state index contributed by atoms with van der Waals surface area (Å²) in [6.45, 7) is 1.86. The van der Waals surface area contributed by atoms with E-state index in [9.17, 15) is 19.2 Å². The molecule has 0 atom stereocenters. The second-order valence-electron chi connectivity index (χ2n) is 3.89. The van der Waals surface area contributed by atoms with E-state index in [-0.39, 0.29) is 23.1 Å². The second kappa shape index (κ2) is 11.8. The van der Waals surface area contributed by atoms with Crippen molar-refractivity contribution >= 4 is 55.6 Å². The Labute approximate surface area is 149 Å². The van der Waals surface area contributed by atoms with E-state index in [0.29, 0.717) is 23.1 Å². The van der Waals surface area contributed by atoms with Crippen LogP contribution in [-0.2, 0) is 14.3 Å². The number of carbonyl (C=O) groups excluding carboxylic acids is 3. The van der Waals surface area contributed by atoms with Gasteiger partial charge in [0, 0.05) is 12.3 Å². The van der Waals surface area contributed by atoms with Gasteiger partial charge in [0.05, 0.1) is 11.1 Å². The summed E-state index contributed by atoms with van der Waals surface area (Å²) < 4.78 is 4.51. The van der Waals surface area contributed by atoms with Crippen molar-refractivity contribution in [1.82, 2.24) is 5.32 Å². The second-order valence-corrected chi connectivity index (χ2v) is 5.24. The third-order valence-electron chi connectivity index (χ3n) is 2.14. The average Bonchev–Trinajstić information content (AvgIpc) is 2.82. The number of rotatable bonds is 3. The molecule has 0 spiro atoms. The van der Waals surface area contributed by atoms with Gasteiger partial charge in [-0.3, -0.25) is 24.5 Å². The Balaban J connectivity index is 0.000000351. The summed E-state index contributed by atoms with van der Waals surface area (Å²) in [6, 6.07) is 6.74. The van der Waals surface area contributed by atoms with Crippen LogP contribution in [0, 0.1) is 0 Å². The summed E-state index contributed by atoms with van der Waals surface area (Å²) in [5.74, 6) is -1.65. The average molecular weight is 453 g/mol. The van der Waals surface area contributed by atoms with Gasteiger partial charge in [0.15, 0.2) is 0 Å². The highest BCUT2D eigenvalue weighted by atomic mass is 79.9. The number of benzene rings is 1. The van der Waals surface area contributed by atoms with Crippen molar-refractivity contribution in [3.05, 3.63) is 35.4 Å². The van der Waals surface area contributed by atoms with E-state index < -0.39 is 5.97 Å². The summed E-state index contributed by atoms with van der Waals surface area (Å²) in [5, 5.41) is 10.6. The molecule has 1 aromatic rings. The fraction of sp³-hybridized carbons (Fsp3) is 0.286. The number of alkyl halides is 2. The molecular formula is C14H15Br2NO6. The predicted octanol–water partition coefficient (Wildman–Crippen LogP) is 1.98. The predicted molar refractivity (Wildman–Crippen MR) is 90.1 cm³/mol. The molecule has 0 radical (unpaired) electrons. The molecule has 126 valence electrons. The first-order chi connectivity index (χ1) is 10.8. The van der Waals surface area contributed by atoms with Gasteiger partial charge in [0.2, 0.25) is 0 Å². The van der Waals surface area contributed by atoms with Gasteiger partial charge in [-0.05, 0) is 12.1 Å².